The lowest BCUT2D eigenvalue weighted by atomic mass is 10.0. The van der Waals surface area contributed by atoms with Gasteiger partial charge in [-0.05, 0) is 51.6 Å². The molecule has 0 aliphatic heterocycles. The molecule has 0 saturated carbocycles. The number of benzene rings is 1. The van der Waals surface area contributed by atoms with Crippen LogP contribution in [-0.2, 0) is 0 Å². The number of hydrogen-bond acceptors (Lipinski definition) is 3. The third kappa shape index (κ3) is 4.04. The van der Waals surface area contributed by atoms with Crippen molar-refractivity contribution in [2.24, 2.45) is 5.73 Å². The Kier molecular flexibility index (Phi) is 5.49. The first-order valence-electron chi connectivity index (χ1n) is 4.72. The Hall–Kier alpha value is -1.48. The van der Waals surface area contributed by atoms with Crippen molar-refractivity contribution >= 4 is 11.6 Å². The monoisotopic (exact) mass is 209 g/mol. The Morgan fingerprint density at radius 3 is 1.60 bits per heavy atom. The molecular weight excluding hydrogens is 190 g/mol. The topological polar surface area (TPSA) is 60.2 Å². The Balaban J connectivity index is 0. The minimum absolute atomic E-state index is 0. The molecule has 0 aromatic heterocycles. The van der Waals surface area contributed by atoms with Gasteiger partial charge in [-0.1, -0.05) is 0 Å². The number of rotatable bonds is 2. The summed E-state index contributed by atoms with van der Waals surface area (Å²) in [5.41, 5.74) is 6.65. The molecule has 1 rings (SSSR count). The number of hydrogen-bond donors (Lipinski definition) is 1. The van der Waals surface area contributed by atoms with Crippen molar-refractivity contribution in [1.29, 1.82) is 0 Å². The maximum atomic E-state index is 11.1. The van der Waals surface area contributed by atoms with Crippen LogP contribution in [0.4, 0.5) is 0 Å². The number of aryl methyl sites for hydroxylation is 1. The molecule has 3 nitrogen and oxygen atoms in total. The van der Waals surface area contributed by atoms with E-state index in [1.165, 1.54) is 20.9 Å². The van der Waals surface area contributed by atoms with Crippen molar-refractivity contribution in [1.82, 2.24) is 0 Å². The summed E-state index contributed by atoms with van der Waals surface area (Å²) in [5, 5.41) is 0. The fraction of sp³-hybridized carbons (Fsp3) is 0.333. The maximum absolute atomic E-state index is 11.1. The van der Waals surface area contributed by atoms with Gasteiger partial charge in [0.05, 0.1) is 0 Å². The molecule has 0 unspecified atom stereocenters. The molecule has 0 fully saturated rings. The van der Waals surface area contributed by atoms with Crippen LogP contribution in [0.1, 0.15) is 41.6 Å². The van der Waals surface area contributed by atoms with Crippen molar-refractivity contribution in [2.75, 3.05) is 7.05 Å². The lowest BCUT2D eigenvalue weighted by molar-refractivity contribution is 0.101. The van der Waals surface area contributed by atoms with Gasteiger partial charge in [0, 0.05) is 12.6 Å². The third-order valence-corrected chi connectivity index (χ3v) is 1.89. The van der Waals surface area contributed by atoms with Crippen molar-refractivity contribution in [2.45, 2.75) is 20.8 Å². The van der Waals surface area contributed by atoms with Gasteiger partial charge in [-0.15, -0.1) is 0 Å². The van der Waals surface area contributed by atoms with E-state index in [0.29, 0.717) is 11.1 Å². The van der Waals surface area contributed by atoms with Crippen LogP contribution in [-0.4, -0.2) is 18.6 Å². The average molecular weight is 209 g/mol. The van der Waals surface area contributed by atoms with Gasteiger partial charge in [-0.3, -0.25) is 9.59 Å². The van der Waals surface area contributed by atoms with E-state index >= 15 is 0 Å². The van der Waals surface area contributed by atoms with Crippen LogP contribution in [0, 0.1) is 6.92 Å². The number of ketones is 2. The van der Waals surface area contributed by atoms with Crippen LogP contribution >= 0.6 is 0 Å². The first kappa shape index (κ1) is 13.5. The summed E-state index contributed by atoms with van der Waals surface area (Å²) in [6.07, 6.45) is 0. The number of Topliss-reactive ketones (excluding diaryl/α,β-unsaturated/α-hetero) is 2. The Bertz CT molecular complexity index is 343. The summed E-state index contributed by atoms with van der Waals surface area (Å²) in [5.74, 6) is -0.0163. The molecule has 0 bridgehead atoms. The van der Waals surface area contributed by atoms with E-state index in [1.807, 2.05) is 6.92 Å². The first-order valence-corrected chi connectivity index (χ1v) is 4.72. The standard InChI is InChI=1S/C11H12O2.CH5N.H2/c1-7-4-10(8(2)12)6-11(5-7)9(3)13;1-2;/h4-6H,1-3H3;2H2,1H3;1H. The minimum Gasteiger partial charge on any atom is -0.333 e. The SMILES string of the molecule is CC(=O)c1cc(C)cc(C(C)=O)c1.CN.[HH]. The molecule has 0 atom stereocenters. The highest BCUT2D eigenvalue weighted by Gasteiger charge is 2.05. The van der Waals surface area contributed by atoms with Gasteiger partial charge in [0.25, 0.3) is 0 Å². The van der Waals surface area contributed by atoms with E-state index in [4.69, 9.17) is 0 Å². The van der Waals surface area contributed by atoms with Gasteiger partial charge in [0.15, 0.2) is 11.6 Å². The van der Waals surface area contributed by atoms with Gasteiger partial charge < -0.3 is 5.73 Å². The predicted octanol–water partition coefficient (Wildman–Crippen LogP) is 2.22. The minimum atomic E-state index is -0.00815. The first-order chi connectivity index (χ1) is 7.00. The zero-order valence-electron chi connectivity index (χ0n) is 9.63. The lowest BCUT2D eigenvalue weighted by Gasteiger charge is -2.01. The predicted molar refractivity (Wildman–Crippen MR) is 63.4 cm³/mol. The highest BCUT2D eigenvalue weighted by molar-refractivity contribution is 5.99. The molecule has 15 heavy (non-hydrogen) atoms. The van der Waals surface area contributed by atoms with E-state index < -0.39 is 0 Å². The molecule has 84 valence electrons. The molecule has 0 spiro atoms. The summed E-state index contributed by atoms with van der Waals surface area (Å²) in [6.45, 7) is 4.87. The second kappa shape index (κ2) is 6.09. The third-order valence-electron chi connectivity index (χ3n) is 1.89. The molecule has 0 aliphatic carbocycles. The van der Waals surface area contributed by atoms with E-state index in [9.17, 15) is 9.59 Å². The molecule has 1 aromatic rings. The highest BCUT2D eigenvalue weighted by Crippen LogP contribution is 2.10. The smallest absolute Gasteiger partial charge is 0.159 e. The molecule has 2 N–H and O–H groups in total. The van der Waals surface area contributed by atoms with Gasteiger partial charge in [0.1, 0.15) is 0 Å². The quantitative estimate of drug-likeness (QED) is 0.760. The van der Waals surface area contributed by atoms with Gasteiger partial charge in [0.2, 0.25) is 0 Å². The molecule has 0 heterocycles. The van der Waals surface area contributed by atoms with E-state index in [0.717, 1.165) is 5.56 Å². The van der Waals surface area contributed by atoms with Crippen LogP contribution < -0.4 is 5.73 Å². The fourth-order valence-corrected chi connectivity index (χ4v) is 1.19. The number of nitrogens with two attached hydrogens (primary N) is 1. The summed E-state index contributed by atoms with van der Waals surface area (Å²) in [6, 6.07) is 5.21. The van der Waals surface area contributed by atoms with Crippen molar-refractivity contribution in [3.05, 3.63) is 34.9 Å². The van der Waals surface area contributed by atoms with Gasteiger partial charge >= 0.3 is 0 Å². The largest absolute Gasteiger partial charge is 0.333 e. The zero-order valence-corrected chi connectivity index (χ0v) is 9.63. The Labute approximate surface area is 91.8 Å². The summed E-state index contributed by atoms with van der Waals surface area (Å²) in [4.78, 5) is 22.1. The van der Waals surface area contributed by atoms with Gasteiger partial charge in [-0.25, -0.2) is 0 Å². The maximum Gasteiger partial charge on any atom is 0.159 e. The zero-order chi connectivity index (χ0) is 12.0. The lowest BCUT2D eigenvalue weighted by Crippen LogP contribution is -1.99. The van der Waals surface area contributed by atoms with E-state index in [2.05, 4.69) is 5.73 Å². The summed E-state index contributed by atoms with van der Waals surface area (Å²) in [7, 11) is 1.50. The van der Waals surface area contributed by atoms with Crippen LogP contribution in [0.15, 0.2) is 18.2 Å². The second-order valence-corrected chi connectivity index (χ2v) is 3.20. The summed E-state index contributed by atoms with van der Waals surface area (Å²) < 4.78 is 0. The normalized spacial score (nSPS) is 8.87. The van der Waals surface area contributed by atoms with E-state index in [-0.39, 0.29) is 13.0 Å². The van der Waals surface area contributed by atoms with Crippen LogP contribution in [0.5, 0.6) is 0 Å². The molecule has 0 aliphatic rings. The highest BCUT2D eigenvalue weighted by atomic mass is 16.1. The fourth-order valence-electron chi connectivity index (χ4n) is 1.19. The molecular formula is C12H19NO2. The van der Waals surface area contributed by atoms with Gasteiger partial charge in [-0.2, -0.15) is 0 Å². The molecule has 3 heteroatoms. The molecule has 0 amide bonds. The van der Waals surface area contributed by atoms with Crippen LogP contribution in [0.25, 0.3) is 0 Å². The summed E-state index contributed by atoms with van der Waals surface area (Å²) >= 11 is 0. The van der Waals surface area contributed by atoms with Crippen molar-refractivity contribution in [3.8, 4) is 0 Å². The second-order valence-electron chi connectivity index (χ2n) is 3.20. The molecule has 1 aromatic carbocycles. The number of carbonyl (C=O) groups is 2. The van der Waals surface area contributed by atoms with Crippen molar-refractivity contribution < 1.29 is 11.0 Å². The van der Waals surface area contributed by atoms with E-state index in [1.54, 1.807) is 18.2 Å². The van der Waals surface area contributed by atoms with Crippen LogP contribution in [0.2, 0.25) is 0 Å². The molecule has 0 radical (unpaired) electrons. The van der Waals surface area contributed by atoms with Crippen LogP contribution in [0.3, 0.4) is 0 Å². The number of carbonyl (C=O) groups excluding carboxylic acids is 2. The molecule has 0 saturated heterocycles. The van der Waals surface area contributed by atoms with Crippen molar-refractivity contribution in [3.63, 3.8) is 0 Å². The average Bonchev–Trinajstić information content (AvgIpc) is 2.19. The Morgan fingerprint density at radius 2 is 1.33 bits per heavy atom. The Morgan fingerprint density at radius 1 is 1.00 bits per heavy atom.